The second-order valence-electron chi connectivity index (χ2n) is 18.1. The molecule has 0 saturated carbocycles. The number of carbonyl (C=O) groups is 3. The highest BCUT2D eigenvalue weighted by Gasteiger charge is 2.19. The van der Waals surface area contributed by atoms with E-state index in [-0.39, 0.29) is 31.1 Å². The first-order chi connectivity index (χ1) is 31.0. The number of unbranched alkanes of at least 4 members (excludes halogenated alkanes) is 30. The van der Waals surface area contributed by atoms with Gasteiger partial charge in [-0.2, -0.15) is 0 Å². The highest BCUT2D eigenvalue weighted by atomic mass is 16.6. The molecule has 0 N–H and O–H groups in total. The third-order valence-electron chi connectivity index (χ3n) is 11.8. The van der Waals surface area contributed by atoms with E-state index in [4.69, 9.17) is 14.2 Å². The molecule has 6 heteroatoms. The Balaban J connectivity index is 4.32. The van der Waals surface area contributed by atoms with E-state index in [1.807, 2.05) is 0 Å². The Morgan fingerprint density at radius 2 is 0.587 bits per heavy atom. The second kappa shape index (κ2) is 52.0. The van der Waals surface area contributed by atoms with Crippen LogP contribution in [0.1, 0.15) is 278 Å². The van der Waals surface area contributed by atoms with Crippen molar-refractivity contribution in [2.75, 3.05) is 13.2 Å². The molecule has 0 amide bonds. The molecule has 0 aromatic carbocycles. The van der Waals surface area contributed by atoms with Gasteiger partial charge in [0.15, 0.2) is 6.10 Å². The third kappa shape index (κ3) is 50.2. The molecule has 0 saturated heterocycles. The van der Waals surface area contributed by atoms with Gasteiger partial charge in [0.1, 0.15) is 13.2 Å². The maximum Gasteiger partial charge on any atom is 0.306 e. The molecule has 0 aliphatic rings. The van der Waals surface area contributed by atoms with Gasteiger partial charge in [-0.15, -0.1) is 0 Å². The largest absolute Gasteiger partial charge is 0.462 e. The van der Waals surface area contributed by atoms with E-state index in [0.717, 1.165) is 77.0 Å². The summed E-state index contributed by atoms with van der Waals surface area (Å²) in [6.45, 7) is 6.57. The fourth-order valence-corrected chi connectivity index (χ4v) is 7.62. The van der Waals surface area contributed by atoms with Crippen molar-refractivity contribution in [1.82, 2.24) is 0 Å². The molecule has 0 aromatic rings. The van der Waals surface area contributed by atoms with Gasteiger partial charge in [-0.05, 0) is 96.3 Å². The average molecular weight is 883 g/mol. The molecule has 0 heterocycles. The molecule has 0 aliphatic heterocycles. The summed E-state index contributed by atoms with van der Waals surface area (Å²) in [5.74, 6) is -0.889. The van der Waals surface area contributed by atoms with Crippen molar-refractivity contribution in [3.05, 3.63) is 48.6 Å². The van der Waals surface area contributed by atoms with E-state index < -0.39 is 6.10 Å². The zero-order valence-corrected chi connectivity index (χ0v) is 41.8. The van der Waals surface area contributed by atoms with Gasteiger partial charge in [-0.25, -0.2) is 0 Å². The lowest BCUT2D eigenvalue weighted by Gasteiger charge is -2.18. The van der Waals surface area contributed by atoms with Crippen LogP contribution < -0.4 is 0 Å². The average Bonchev–Trinajstić information content (AvgIpc) is 3.28. The van der Waals surface area contributed by atoms with E-state index >= 15 is 0 Å². The minimum atomic E-state index is -0.779. The van der Waals surface area contributed by atoms with Gasteiger partial charge in [0.25, 0.3) is 0 Å². The lowest BCUT2D eigenvalue weighted by atomic mass is 10.1. The summed E-state index contributed by atoms with van der Waals surface area (Å²) in [5.41, 5.74) is 0. The number of allylic oxidation sites excluding steroid dienone is 8. The lowest BCUT2D eigenvalue weighted by Crippen LogP contribution is -2.30. The van der Waals surface area contributed by atoms with Crippen molar-refractivity contribution >= 4 is 17.9 Å². The van der Waals surface area contributed by atoms with Gasteiger partial charge in [-0.1, -0.05) is 211 Å². The Morgan fingerprint density at radius 1 is 0.317 bits per heavy atom. The number of esters is 3. The van der Waals surface area contributed by atoms with Gasteiger partial charge in [0, 0.05) is 19.3 Å². The van der Waals surface area contributed by atoms with E-state index in [2.05, 4.69) is 69.4 Å². The normalized spacial score (nSPS) is 12.4. The molecule has 0 aliphatic carbocycles. The van der Waals surface area contributed by atoms with Crippen LogP contribution in [0.5, 0.6) is 0 Å². The maximum atomic E-state index is 12.8. The fourth-order valence-electron chi connectivity index (χ4n) is 7.62. The van der Waals surface area contributed by atoms with Crippen LogP contribution >= 0.6 is 0 Å². The molecule has 0 aromatic heterocycles. The molecule has 0 bridgehead atoms. The van der Waals surface area contributed by atoms with E-state index in [0.29, 0.717) is 19.3 Å². The lowest BCUT2D eigenvalue weighted by molar-refractivity contribution is -0.167. The van der Waals surface area contributed by atoms with Crippen molar-refractivity contribution in [1.29, 1.82) is 0 Å². The Morgan fingerprint density at radius 3 is 0.968 bits per heavy atom. The predicted molar refractivity (Wildman–Crippen MR) is 270 cm³/mol. The Labute approximate surface area is 390 Å². The summed E-state index contributed by atoms with van der Waals surface area (Å²) < 4.78 is 16.8. The standard InChI is InChI=1S/C57H102O6/c1-4-7-10-13-16-19-22-24-26-27-28-29-31-33-36-38-41-44-47-50-56(59)62-53-54(63-57(60)51-48-45-42-39-34-21-18-15-12-9-6-3)52-61-55(58)49-46-43-40-37-35-32-30-25-23-20-17-14-11-8-5-2/h15-16,18-20,23-24,26,54H,4-14,17,21-22,25,27-53H2,1-3H3/b18-15-,19-16-,23-20-,26-24-/t54-/m0/s1. The summed E-state index contributed by atoms with van der Waals surface area (Å²) in [5, 5.41) is 0. The highest BCUT2D eigenvalue weighted by Crippen LogP contribution is 2.15. The maximum absolute atomic E-state index is 12.8. The molecule has 0 rings (SSSR count). The molecular weight excluding hydrogens is 781 g/mol. The molecule has 0 radical (unpaired) electrons. The van der Waals surface area contributed by atoms with Crippen molar-refractivity contribution in [2.24, 2.45) is 0 Å². The van der Waals surface area contributed by atoms with Gasteiger partial charge in [0.2, 0.25) is 0 Å². The zero-order chi connectivity index (χ0) is 45.8. The van der Waals surface area contributed by atoms with E-state index in [1.165, 1.54) is 161 Å². The summed E-state index contributed by atoms with van der Waals surface area (Å²) in [7, 11) is 0. The summed E-state index contributed by atoms with van der Waals surface area (Å²) >= 11 is 0. The topological polar surface area (TPSA) is 78.9 Å². The van der Waals surface area contributed by atoms with Crippen molar-refractivity contribution < 1.29 is 28.6 Å². The van der Waals surface area contributed by atoms with E-state index in [1.54, 1.807) is 0 Å². The second-order valence-corrected chi connectivity index (χ2v) is 18.1. The van der Waals surface area contributed by atoms with Crippen LogP contribution in [-0.2, 0) is 28.6 Å². The van der Waals surface area contributed by atoms with Crippen LogP contribution in [0.25, 0.3) is 0 Å². The zero-order valence-electron chi connectivity index (χ0n) is 41.8. The minimum absolute atomic E-state index is 0.0790. The molecular formula is C57H102O6. The van der Waals surface area contributed by atoms with Gasteiger partial charge in [-0.3, -0.25) is 14.4 Å². The van der Waals surface area contributed by atoms with Crippen molar-refractivity contribution in [3.63, 3.8) is 0 Å². The molecule has 0 spiro atoms. The van der Waals surface area contributed by atoms with Gasteiger partial charge >= 0.3 is 17.9 Å². The number of rotatable bonds is 49. The summed E-state index contributed by atoms with van der Waals surface area (Å²) in [4.78, 5) is 38.0. The Hall–Kier alpha value is -2.63. The van der Waals surface area contributed by atoms with Crippen LogP contribution in [0.15, 0.2) is 48.6 Å². The number of hydrogen-bond donors (Lipinski definition) is 0. The molecule has 1 atom stereocenters. The number of hydrogen-bond acceptors (Lipinski definition) is 6. The molecule has 0 fully saturated rings. The monoisotopic (exact) mass is 883 g/mol. The molecule has 63 heavy (non-hydrogen) atoms. The Kier molecular flexibility index (Phi) is 49.8. The highest BCUT2D eigenvalue weighted by molar-refractivity contribution is 5.71. The van der Waals surface area contributed by atoms with Gasteiger partial charge < -0.3 is 14.2 Å². The van der Waals surface area contributed by atoms with E-state index in [9.17, 15) is 14.4 Å². The number of carbonyl (C=O) groups excluding carboxylic acids is 3. The van der Waals surface area contributed by atoms with Crippen molar-refractivity contribution in [3.8, 4) is 0 Å². The predicted octanol–water partition coefficient (Wildman–Crippen LogP) is 17.9. The smallest absolute Gasteiger partial charge is 0.306 e. The molecule has 366 valence electrons. The van der Waals surface area contributed by atoms with Crippen LogP contribution in [0.3, 0.4) is 0 Å². The fraction of sp³-hybridized carbons (Fsp3) is 0.807. The first kappa shape index (κ1) is 60.4. The van der Waals surface area contributed by atoms with Crippen LogP contribution in [-0.4, -0.2) is 37.2 Å². The number of ether oxygens (including phenoxy) is 3. The van der Waals surface area contributed by atoms with Crippen molar-refractivity contribution in [2.45, 2.75) is 284 Å². The summed E-state index contributed by atoms with van der Waals surface area (Å²) in [6, 6.07) is 0. The Bertz CT molecular complexity index is 1110. The third-order valence-corrected chi connectivity index (χ3v) is 11.8. The quantitative estimate of drug-likeness (QED) is 0.0262. The SMILES string of the molecule is CCCC/C=C\CCCCCCCC(=O)O[C@@H](COC(=O)CCCCCCCCC/C=C\CCCCCC)COC(=O)CCCCCCCCCCC/C=C\C/C=C\CCCCC. The van der Waals surface area contributed by atoms with Crippen LogP contribution in [0, 0.1) is 0 Å². The van der Waals surface area contributed by atoms with Gasteiger partial charge in [0.05, 0.1) is 0 Å². The summed E-state index contributed by atoms with van der Waals surface area (Å²) in [6.07, 6.45) is 62.4. The van der Waals surface area contributed by atoms with Crippen LogP contribution in [0.2, 0.25) is 0 Å². The van der Waals surface area contributed by atoms with Crippen LogP contribution in [0.4, 0.5) is 0 Å². The first-order valence-electron chi connectivity index (χ1n) is 27.1. The molecule has 6 nitrogen and oxygen atoms in total. The minimum Gasteiger partial charge on any atom is -0.462 e. The molecule has 0 unspecified atom stereocenters. The first-order valence-corrected chi connectivity index (χ1v) is 27.1.